The fourth-order valence-electron chi connectivity index (χ4n) is 1.71. The molecule has 2 rings (SSSR count). The van der Waals surface area contributed by atoms with Crippen LogP contribution in [0.25, 0.3) is 0 Å². The van der Waals surface area contributed by atoms with Gasteiger partial charge < -0.3 is 10.1 Å². The first-order chi connectivity index (χ1) is 9.55. The first kappa shape index (κ1) is 13.7. The number of hydrogen-bond acceptors (Lipinski definition) is 5. The van der Waals surface area contributed by atoms with Crippen molar-refractivity contribution >= 4 is 5.82 Å². The zero-order chi connectivity index (χ0) is 14.7. The molecule has 0 unspecified atom stereocenters. The number of nitrogens with one attached hydrogen (secondary N) is 1. The van der Waals surface area contributed by atoms with Crippen LogP contribution in [0.3, 0.4) is 0 Å². The van der Waals surface area contributed by atoms with Crippen LogP contribution in [0.15, 0.2) is 18.2 Å². The predicted molar refractivity (Wildman–Crippen MR) is 72.2 cm³/mol. The zero-order valence-corrected chi connectivity index (χ0v) is 11.4. The molecule has 0 atom stereocenters. The van der Waals surface area contributed by atoms with Gasteiger partial charge in [0.2, 0.25) is 5.88 Å². The second-order valence-corrected chi connectivity index (χ2v) is 4.16. The topological polar surface area (TPSA) is 70.8 Å². The molecule has 0 fully saturated rings. The molecular weight excluding hydrogens is 259 g/mol. The Balaban J connectivity index is 2.38. The molecule has 0 aliphatic heterocycles. The SMILES string of the molecule is CNc1nc(C)nc(Oc2ccc(C#N)c(F)c2)c1C. The van der Waals surface area contributed by atoms with E-state index in [2.05, 4.69) is 15.3 Å². The Bertz CT molecular complexity index is 694. The molecule has 0 aliphatic carbocycles. The largest absolute Gasteiger partial charge is 0.438 e. The van der Waals surface area contributed by atoms with E-state index >= 15 is 0 Å². The normalized spacial score (nSPS) is 9.95. The number of ether oxygens (including phenoxy) is 1. The van der Waals surface area contributed by atoms with Crippen LogP contribution in [0, 0.1) is 31.0 Å². The van der Waals surface area contributed by atoms with Gasteiger partial charge in [0.15, 0.2) is 0 Å². The lowest BCUT2D eigenvalue weighted by Gasteiger charge is -2.11. The number of nitriles is 1. The quantitative estimate of drug-likeness (QED) is 0.930. The van der Waals surface area contributed by atoms with E-state index in [4.69, 9.17) is 10.00 Å². The summed E-state index contributed by atoms with van der Waals surface area (Å²) in [4.78, 5) is 8.41. The highest BCUT2D eigenvalue weighted by molar-refractivity contribution is 5.49. The van der Waals surface area contributed by atoms with Crippen LogP contribution in [0.5, 0.6) is 11.6 Å². The Hall–Kier alpha value is -2.68. The number of nitrogens with zero attached hydrogens (tertiary/aromatic N) is 3. The van der Waals surface area contributed by atoms with Crippen molar-refractivity contribution < 1.29 is 9.13 Å². The summed E-state index contributed by atoms with van der Waals surface area (Å²) in [7, 11) is 1.75. The van der Waals surface area contributed by atoms with Crippen LogP contribution in [-0.4, -0.2) is 17.0 Å². The van der Waals surface area contributed by atoms with Crippen LogP contribution >= 0.6 is 0 Å². The van der Waals surface area contributed by atoms with Crippen molar-refractivity contribution in [1.82, 2.24) is 9.97 Å². The van der Waals surface area contributed by atoms with Crippen molar-refractivity contribution in [2.45, 2.75) is 13.8 Å². The number of aryl methyl sites for hydroxylation is 1. The van der Waals surface area contributed by atoms with Gasteiger partial charge in [-0.3, -0.25) is 0 Å². The minimum Gasteiger partial charge on any atom is -0.438 e. The highest BCUT2D eigenvalue weighted by Crippen LogP contribution is 2.27. The molecule has 0 spiro atoms. The van der Waals surface area contributed by atoms with E-state index in [-0.39, 0.29) is 11.3 Å². The fourth-order valence-corrected chi connectivity index (χ4v) is 1.71. The number of rotatable bonds is 3. The van der Waals surface area contributed by atoms with Crippen molar-refractivity contribution in [3.05, 3.63) is 41.0 Å². The third-order valence-electron chi connectivity index (χ3n) is 2.73. The summed E-state index contributed by atoms with van der Waals surface area (Å²) >= 11 is 0. The van der Waals surface area contributed by atoms with Gasteiger partial charge in [-0.1, -0.05) is 0 Å². The molecule has 20 heavy (non-hydrogen) atoms. The highest BCUT2D eigenvalue weighted by Gasteiger charge is 2.11. The summed E-state index contributed by atoms with van der Waals surface area (Å²) in [5.41, 5.74) is 0.701. The lowest BCUT2D eigenvalue weighted by Crippen LogP contribution is -2.03. The summed E-state index contributed by atoms with van der Waals surface area (Å²) in [5, 5.41) is 11.6. The summed E-state index contributed by atoms with van der Waals surface area (Å²) < 4.78 is 19.1. The van der Waals surface area contributed by atoms with Gasteiger partial charge in [-0.15, -0.1) is 0 Å². The van der Waals surface area contributed by atoms with Crippen LogP contribution in [-0.2, 0) is 0 Å². The van der Waals surface area contributed by atoms with E-state index in [0.29, 0.717) is 17.5 Å². The van der Waals surface area contributed by atoms with Gasteiger partial charge in [0.25, 0.3) is 0 Å². The molecule has 2 aromatic rings. The first-order valence-electron chi connectivity index (χ1n) is 5.95. The Labute approximate surface area is 116 Å². The van der Waals surface area contributed by atoms with E-state index in [1.54, 1.807) is 27.0 Å². The molecular formula is C14H13FN4O. The van der Waals surface area contributed by atoms with E-state index in [0.717, 1.165) is 11.6 Å². The third-order valence-corrected chi connectivity index (χ3v) is 2.73. The molecule has 0 aliphatic rings. The molecule has 0 radical (unpaired) electrons. The zero-order valence-electron chi connectivity index (χ0n) is 11.4. The van der Waals surface area contributed by atoms with E-state index < -0.39 is 5.82 Å². The maximum absolute atomic E-state index is 13.5. The lowest BCUT2D eigenvalue weighted by molar-refractivity contribution is 0.451. The van der Waals surface area contributed by atoms with Crippen molar-refractivity contribution in [1.29, 1.82) is 5.26 Å². The van der Waals surface area contributed by atoms with Gasteiger partial charge in [-0.05, 0) is 26.0 Å². The molecule has 1 aromatic carbocycles. The van der Waals surface area contributed by atoms with Crippen LogP contribution in [0.2, 0.25) is 0 Å². The summed E-state index contributed by atoms with van der Waals surface area (Å²) in [6.45, 7) is 3.55. The number of benzene rings is 1. The fraction of sp³-hybridized carbons (Fsp3) is 0.214. The molecule has 6 heteroatoms. The third kappa shape index (κ3) is 2.67. The average Bonchev–Trinajstić information content (AvgIpc) is 2.42. The molecule has 0 saturated carbocycles. The Morgan fingerprint density at radius 1 is 1.30 bits per heavy atom. The molecule has 102 valence electrons. The standard InChI is InChI=1S/C14H13FN4O/c1-8-13(17-3)18-9(2)19-14(8)20-11-5-4-10(7-16)12(15)6-11/h4-6H,1-3H3,(H,17,18,19). The summed E-state index contributed by atoms with van der Waals surface area (Å²) in [5.74, 6) is 1.21. The van der Waals surface area contributed by atoms with Crippen molar-refractivity contribution in [3.63, 3.8) is 0 Å². The molecule has 1 N–H and O–H groups in total. The van der Waals surface area contributed by atoms with Crippen molar-refractivity contribution in [2.75, 3.05) is 12.4 Å². The Morgan fingerprint density at radius 3 is 2.65 bits per heavy atom. The minimum atomic E-state index is -0.623. The maximum Gasteiger partial charge on any atom is 0.227 e. The molecule has 0 bridgehead atoms. The minimum absolute atomic E-state index is 0.0242. The van der Waals surface area contributed by atoms with Gasteiger partial charge in [0.1, 0.15) is 29.3 Å². The Morgan fingerprint density at radius 2 is 2.05 bits per heavy atom. The monoisotopic (exact) mass is 272 g/mol. The van der Waals surface area contributed by atoms with Crippen molar-refractivity contribution in [3.8, 4) is 17.7 Å². The number of aromatic nitrogens is 2. The number of hydrogen-bond donors (Lipinski definition) is 1. The molecule has 1 aromatic heterocycles. The number of halogens is 1. The Kier molecular flexibility index (Phi) is 3.80. The first-order valence-corrected chi connectivity index (χ1v) is 5.95. The van der Waals surface area contributed by atoms with Gasteiger partial charge in [0.05, 0.1) is 11.1 Å². The van der Waals surface area contributed by atoms with Gasteiger partial charge in [0, 0.05) is 13.1 Å². The number of anilines is 1. The second kappa shape index (κ2) is 5.53. The smallest absolute Gasteiger partial charge is 0.227 e. The van der Waals surface area contributed by atoms with Crippen LogP contribution in [0.1, 0.15) is 17.0 Å². The summed E-state index contributed by atoms with van der Waals surface area (Å²) in [6.07, 6.45) is 0. The lowest BCUT2D eigenvalue weighted by atomic mass is 10.2. The second-order valence-electron chi connectivity index (χ2n) is 4.16. The summed E-state index contributed by atoms with van der Waals surface area (Å²) in [6, 6.07) is 5.81. The average molecular weight is 272 g/mol. The van der Waals surface area contributed by atoms with Gasteiger partial charge in [-0.2, -0.15) is 10.2 Å². The van der Waals surface area contributed by atoms with E-state index in [9.17, 15) is 4.39 Å². The van der Waals surface area contributed by atoms with Gasteiger partial charge in [-0.25, -0.2) is 9.37 Å². The molecule has 0 amide bonds. The molecule has 1 heterocycles. The van der Waals surface area contributed by atoms with Crippen LogP contribution < -0.4 is 10.1 Å². The van der Waals surface area contributed by atoms with Crippen molar-refractivity contribution in [2.24, 2.45) is 0 Å². The predicted octanol–water partition coefficient (Wildman–Crippen LogP) is 2.94. The maximum atomic E-state index is 13.5. The van der Waals surface area contributed by atoms with Crippen LogP contribution in [0.4, 0.5) is 10.2 Å². The van der Waals surface area contributed by atoms with E-state index in [1.807, 2.05) is 0 Å². The van der Waals surface area contributed by atoms with E-state index in [1.165, 1.54) is 12.1 Å². The highest BCUT2D eigenvalue weighted by atomic mass is 19.1. The van der Waals surface area contributed by atoms with Gasteiger partial charge >= 0.3 is 0 Å². The molecule has 0 saturated heterocycles. The molecule has 5 nitrogen and oxygen atoms in total.